The predicted molar refractivity (Wildman–Crippen MR) is 132 cm³/mol. The standard InChI is InChI=1S/C24H32ClN3O4S/c1-16-22(33-13-12-32-16)23(29)26-20-15-21(31-2)18(14-19(20)25)24(30)28-10-8-27(9-11-28)17-6-4-3-5-7-17/h14-15,17H,3-13H2,1-2H3,(H,26,29). The summed E-state index contributed by atoms with van der Waals surface area (Å²) in [5.41, 5.74) is 0.820. The number of anilines is 1. The lowest BCUT2D eigenvalue weighted by Gasteiger charge is -2.40. The molecule has 0 aromatic heterocycles. The predicted octanol–water partition coefficient (Wildman–Crippen LogP) is 4.37. The molecule has 180 valence electrons. The molecule has 0 spiro atoms. The molecular weight excluding hydrogens is 462 g/mol. The molecule has 9 heteroatoms. The van der Waals surface area contributed by atoms with E-state index in [1.165, 1.54) is 51.0 Å². The van der Waals surface area contributed by atoms with Gasteiger partial charge in [0.05, 0.1) is 30.0 Å². The summed E-state index contributed by atoms with van der Waals surface area (Å²) in [4.78, 5) is 30.9. The average molecular weight is 494 g/mol. The number of allylic oxidation sites excluding steroid dienone is 1. The lowest BCUT2D eigenvalue weighted by molar-refractivity contribution is -0.112. The number of nitrogens with one attached hydrogen (secondary N) is 1. The van der Waals surface area contributed by atoms with Gasteiger partial charge in [0, 0.05) is 44.0 Å². The number of ether oxygens (including phenoxy) is 2. The normalized spacial score (nSPS) is 20.4. The van der Waals surface area contributed by atoms with Gasteiger partial charge in [-0.05, 0) is 25.8 Å². The number of nitrogens with zero attached hydrogens (tertiary/aromatic N) is 2. The van der Waals surface area contributed by atoms with E-state index in [1.54, 1.807) is 19.1 Å². The van der Waals surface area contributed by atoms with Crippen LogP contribution >= 0.6 is 23.4 Å². The van der Waals surface area contributed by atoms with Crippen molar-refractivity contribution >= 4 is 40.9 Å². The topological polar surface area (TPSA) is 71.1 Å². The molecule has 1 saturated heterocycles. The molecule has 0 bridgehead atoms. The van der Waals surface area contributed by atoms with Crippen LogP contribution in [0.4, 0.5) is 5.69 Å². The van der Waals surface area contributed by atoms with Crippen molar-refractivity contribution in [2.24, 2.45) is 0 Å². The van der Waals surface area contributed by atoms with E-state index in [2.05, 4.69) is 10.2 Å². The van der Waals surface area contributed by atoms with Gasteiger partial charge in [0.2, 0.25) is 0 Å². The lowest BCUT2D eigenvalue weighted by atomic mass is 9.94. The Morgan fingerprint density at radius 3 is 2.55 bits per heavy atom. The highest BCUT2D eigenvalue weighted by molar-refractivity contribution is 8.04. The van der Waals surface area contributed by atoms with Crippen LogP contribution in [0.25, 0.3) is 0 Å². The van der Waals surface area contributed by atoms with E-state index in [-0.39, 0.29) is 11.8 Å². The lowest BCUT2D eigenvalue weighted by Crippen LogP contribution is -2.52. The molecule has 33 heavy (non-hydrogen) atoms. The maximum absolute atomic E-state index is 13.3. The summed E-state index contributed by atoms with van der Waals surface area (Å²) in [5, 5.41) is 3.13. The van der Waals surface area contributed by atoms with E-state index in [4.69, 9.17) is 21.1 Å². The molecule has 1 aromatic carbocycles. The Bertz CT molecular complexity index is 925. The van der Waals surface area contributed by atoms with Crippen LogP contribution in [0.3, 0.4) is 0 Å². The molecule has 1 aliphatic carbocycles. The number of thioether (sulfide) groups is 1. The largest absolute Gasteiger partial charge is 0.496 e. The van der Waals surface area contributed by atoms with E-state index < -0.39 is 0 Å². The number of amides is 2. The summed E-state index contributed by atoms with van der Waals surface area (Å²) < 4.78 is 11.0. The van der Waals surface area contributed by atoms with Crippen molar-refractivity contribution in [1.29, 1.82) is 0 Å². The molecule has 4 rings (SSSR count). The molecule has 1 aromatic rings. The molecule has 2 heterocycles. The molecule has 3 aliphatic rings. The molecule has 2 amide bonds. The van der Waals surface area contributed by atoms with Crippen molar-refractivity contribution in [2.45, 2.75) is 45.1 Å². The SMILES string of the molecule is COc1cc(NC(=O)C2=C(C)OCCS2)c(Cl)cc1C(=O)N1CCN(C2CCCCC2)CC1. The van der Waals surface area contributed by atoms with Crippen molar-refractivity contribution in [1.82, 2.24) is 9.80 Å². The Hall–Kier alpha value is -1.90. The second-order valence-electron chi connectivity index (χ2n) is 8.69. The minimum atomic E-state index is -0.279. The van der Waals surface area contributed by atoms with Gasteiger partial charge in [-0.15, -0.1) is 11.8 Å². The molecular formula is C24H32ClN3O4S. The summed E-state index contributed by atoms with van der Waals surface area (Å²) in [6, 6.07) is 3.88. The van der Waals surface area contributed by atoms with Crippen LogP contribution < -0.4 is 10.1 Å². The summed E-state index contributed by atoms with van der Waals surface area (Å²) in [7, 11) is 1.52. The van der Waals surface area contributed by atoms with Crippen LogP contribution in [0.1, 0.15) is 49.4 Å². The van der Waals surface area contributed by atoms with Gasteiger partial charge in [0.15, 0.2) is 0 Å². The molecule has 2 aliphatic heterocycles. The van der Waals surface area contributed by atoms with Crippen molar-refractivity contribution < 1.29 is 19.1 Å². The fourth-order valence-corrected chi connectivity index (χ4v) is 5.83. The van der Waals surface area contributed by atoms with Gasteiger partial charge in [-0.3, -0.25) is 14.5 Å². The van der Waals surface area contributed by atoms with Crippen molar-refractivity contribution in [2.75, 3.05) is 51.0 Å². The highest BCUT2D eigenvalue weighted by atomic mass is 35.5. The van der Waals surface area contributed by atoms with E-state index >= 15 is 0 Å². The molecule has 0 radical (unpaired) electrons. The third-order valence-corrected chi connectivity index (χ3v) is 8.08. The molecule has 0 atom stereocenters. The van der Waals surface area contributed by atoms with Crippen molar-refractivity contribution in [3.8, 4) is 5.75 Å². The van der Waals surface area contributed by atoms with E-state index in [0.717, 1.165) is 18.8 Å². The first-order chi connectivity index (χ1) is 16.0. The van der Waals surface area contributed by atoms with Crippen molar-refractivity contribution in [3.63, 3.8) is 0 Å². The summed E-state index contributed by atoms with van der Waals surface area (Å²) in [6.45, 7) is 5.55. The van der Waals surface area contributed by atoms with Gasteiger partial charge in [-0.25, -0.2) is 0 Å². The van der Waals surface area contributed by atoms with Gasteiger partial charge in [-0.2, -0.15) is 0 Å². The molecule has 1 N–H and O–H groups in total. The number of benzene rings is 1. The summed E-state index contributed by atoms with van der Waals surface area (Å²) in [5.74, 6) is 1.35. The fourth-order valence-electron chi connectivity index (χ4n) is 4.80. The third-order valence-electron chi connectivity index (χ3n) is 6.63. The maximum atomic E-state index is 13.3. The monoisotopic (exact) mass is 493 g/mol. The third kappa shape index (κ3) is 5.61. The quantitative estimate of drug-likeness (QED) is 0.656. The summed E-state index contributed by atoms with van der Waals surface area (Å²) >= 11 is 7.94. The Morgan fingerprint density at radius 1 is 1.15 bits per heavy atom. The van der Waals surface area contributed by atoms with Gasteiger partial charge in [-0.1, -0.05) is 30.9 Å². The number of halogens is 1. The number of hydrogen-bond donors (Lipinski definition) is 1. The number of hydrogen-bond acceptors (Lipinski definition) is 6. The van der Waals surface area contributed by atoms with E-state index in [9.17, 15) is 9.59 Å². The van der Waals surface area contributed by atoms with Crippen LogP contribution in [0.15, 0.2) is 22.8 Å². The first kappa shape index (κ1) is 24.2. The van der Waals surface area contributed by atoms with E-state index in [1.807, 2.05) is 4.90 Å². The first-order valence-corrected chi connectivity index (χ1v) is 13.0. The highest BCUT2D eigenvalue weighted by Gasteiger charge is 2.29. The smallest absolute Gasteiger partial charge is 0.265 e. The maximum Gasteiger partial charge on any atom is 0.265 e. The zero-order valence-corrected chi connectivity index (χ0v) is 20.9. The Morgan fingerprint density at radius 2 is 1.88 bits per heavy atom. The van der Waals surface area contributed by atoms with E-state index in [0.29, 0.717) is 58.4 Å². The Labute approximate surface area is 204 Å². The second-order valence-corrected chi connectivity index (χ2v) is 10.2. The fraction of sp³-hybridized carbons (Fsp3) is 0.583. The molecule has 1 saturated carbocycles. The Balaban J connectivity index is 1.44. The minimum absolute atomic E-state index is 0.0929. The van der Waals surface area contributed by atoms with Crippen LogP contribution in [0, 0.1) is 0 Å². The second kappa shape index (κ2) is 11.0. The van der Waals surface area contributed by atoms with Gasteiger partial charge in [0.25, 0.3) is 11.8 Å². The number of carbonyl (C=O) groups excluding carboxylic acids is 2. The molecule has 0 unspecified atom stereocenters. The highest BCUT2D eigenvalue weighted by Crippen LogP contribution is 2.34. The van der Waals surface area contributed by atoms with Gasteiger partial charge >= 0.3 is 0 Å². The van der Waals surface area contributed by atoms with Crippen molar-refractivity contribution in [3.05, 3.63) is 33.4 Å². The van der Waals surface area contributed by atoms with Crippen LogP contribution in [-0.2, 0) is 9.53 Å². The Kier molecular flexibility index (Phi) is 8.09. The number of piperazine rings is 1. The summed E-state index contributed by atoms with van der Waals surface area (Å²) in [6.07, 6.45) is 6.50. The number of rotatable bonds is 5. The van der Waals surface area contributed by atoms with Gasteiger partial charge in [0.1, 0.15) is 16.4 Å². The zero-order chi connectivity index (χ0) is 23.4. The molecule has 2 fully saturated rings. The average Bonchev–Trinajstić information content (AvgIpc) is 2.85. The zero-order valence-electron chi connectivity index (χ0n) is 19.3. The minimum Gasteiger partial charge on any atom is -0.496 e. The first-order valence-electron chi connectivity index (χ1n) is 11.7. The van der Waals surface area contributed by atoms with Crippen LogP contribution in [-0.4, -0.2) is 73.3 Å². The number of methoxy groups -OCH3 is 1. The van der Waals surface area contributed by atoms with Crippen LogP contribution in [0.2, 0.25) is 5.02 Å². The van der Waals surface area contributed by atoms with Crippen LogP contribution in [0.5, 0.6) is 5.75 Å². The van der Waals surface area contributed by atoms with Gasteiger partial charge < -0.3 is 19.7 Å². The number of carbonyl (C=O) groups is 2. The molecule has 7 nitrogen and oxygen atoms in total.